The van der Waals surface area contributed by atoms with E-state index in [0.29, 0.717) is 17.7 Å². The molecule has 0 amide bonds. The van der Waals surface area contributed by atoms with Crippen LogP contribution in [-0.4, -0.2) is 11.0 Å². The lowest BCUT2D eigenvalue weighted by atomic mass is 9.93. The predicted octanol–water partition coefficient (Wildman–Crippen LogP) is 2.22. The Bertz CT molecular complexity index is 296. The molecule has 1 aromatic heterocycles. The van der Waals surface area contributed by atoms with Crippen molar-refractivity contribution >= 4 is 28.1 Å². The van der Waals surface area contributed by atoms with E-state index < -0.39 is 0 Å². The topological polar surface area (TPSA) is 50.9 Å². The standard InChI is InChI=1S/C8H12ClN3S/c9-7-6(4-10)13-8(12-7)11-5-2-1-3-5/h5H,1-4,10H2,(H,11,12). The SMILES string of the molecule is NCc1sc(NC2CCC2)nc1Cl. The highest BCUT2D eigenvalue weighted by Crippen LogP contribution is 2.30. The lowest BCUT2D eigenvalue weighted by Gasteiger charge is -2.25. The molecule has 1 aliphatic rings. The second-order valence-electron chi connectivity index (χ2n) is 3.21. The van der Waals surface area contributed by atoms with Crippen LogP contribution < -0.4 is 11.1 Å². The van der Waals surface area contributed by atoms with Gasteiger partial charge in [0, 0.05) is 12.6 Å². The fourth-order valence-electron chi connectivity index (χ4n) is 1.25. The molecule has 0 spiro atoms. The summed E-state index contributed by atoms with van der Waals surface area (Å²) >= 11 is 7.43. The molecule has 1 fully saturated rings. The minimum absolute atomic E-state index is 0.475. The second kappa shape index (κ2) is 3.82. The highest BCUT2D eigenvalue weighted by Gasteiger charge is 2.18. The van der Waals surface area contributed by atoms with Crippen molar-refractivity contribution in [2.45, 2.75) is 31.8 Å². The summed E-state index contributed by atoms with van der Waals surface area (Å²) in [5.74, 6) is 0. The summed E-state index contributed by atoms with van der Waals surface area (Å²) in [6.07, 6.45) is 3.81. The van der Waals surface area contributed by atoms with Crippen molar-refractivity contribution in [1.82, 2.24) is 4.98 Å². The van der Waals surface area contributed by atoms with Gasteiger partial charge in [0.1, 0.15) is 5.15 Å². The summed E-state index contributed by atoms with van der Waals surface area (Å²) in [4.78, 5) is 5.16. The van der Waals surface area contributed by atoms with Crippen molar-refractivity contribution in [3.8, 4) is 0 Å². The van der Waals surface area contributed by atoms with Crippen molar-refractivity contribution < 1.29 is 0 Å². The van der Waals surface area contributed by atoms with E-state index in [1.807, 2.05) is 0 Å². The molecule has 0 aromatic carbocycles. The third-order valence-corrected chi connectivity index (χ3v) is 3.70. The maximum absolute atomic E-state index is 5.87. The largest absolute Gasteiger partial charge is 0.359 e. The first-order valence-electron chi connectivity index (χ1n) is 4.41. The van der Waals surface area contributed by atoms with Gasteiger partial charge in [-0.05, 0) is 19.3 Å². The number of nitrogens with one attached hydrogen (secondary N) is 1. The van der Waals surface area contributed by atoms with Crippen molar-refractivity contribution in [2.75, 3.05) is 5.32 Å². The lowest BCUT2D eigenvalue weighted by molar-refractivity contribution is 0.445. The molecular weight excluding hydrogens is 206 g/mol. The zero-order valence-corrected chi connectivity index (χ0v) is 8.79. The summed E-state index contributed by atoms with van der Waals surface area (Å²) in [6.45, 7) is 0.475. The molecule has 72 valence electrons. The van der Waals surface area contributed by atoms with E-state index in [0.717, 1.165) is 10.0 Å². The van der Waals surface area contributed by atoms with E-state index in [1.165, 1.54) is 19.3 Å². The van der Waals surface area contributed by atoms with Crippen molar-refractivity contribution in [2.24, 2.45) is 5.73 Å². The minimum Gasteiger partial charge on any atom is -0.359 e. The van der Waals surface area contributed by atoms with Crippen molar-refractivity contribution in [1.29, 1.82) is 0 Å². The van der Waals surface area contributed by atoms with Crippen LogP contribution in [0.1, 0.15) is 24.1 Å². The van der Waals surface area contributed by atoms with E-state index in [-0.39, 0.29) is 0 Å². The molecule has 0 bridgehead atoms. The third-order valence-electron chi connectivity index (χ3n) is 2.27. The van der Waals surface area contributed by atoms with Gasteiger partial charge in [0.2, 0.25) is 0 Å². The van der Waals surface area contributed by atoms with Gasteiger partial charge < -0.3 is 11.1 Å². The molecule has 1 aliphatic carbocycles. The third kappa shape index (κ3) is 1.95. The lowest BCUT2D eigenvalue weighted by Crippen LogP contribution is -2.26. The van der Waals surface area contributed by atoms with Gasteiger partial charge in [-0.25, -0.2) is 4.98 Å². The molecule has 2 rings (SSSR count). The van der Waals surface area contributed by atoms with Gasteiger partial charge in [0.05, 0.1) is 4.88 Å². The zero-order chi connectivity index (χ0) is 9.26. The van der Waals surface area contributed by atoms with Gasteiger partial charge >= 0.3 is 0 Å². The van der Waals surface area contributed by atoms with Crippen LogP contribution in [0.2, 0.25) is 5.15 Å². The van der Waals surface area contributed by atoms with Crippen molar-refractivity contribution in [3.63, 3.8) is 0 Å². The van der Waals surface area contributed by atoms with Gasteiger partial charge in [-0.1, -0.05) is 22.9 Å². The Morgan fingerprint density at radius 1 is 1.62 bits per heavy atom. The van der Waals surface area contributed by atoms with E-state index in [9.17, 15) is 0 Å². The number of halogens is 1. The smallest absolute Gasteiger partial charge is 0.184 e. The van der Waals surface area contributed by atoms with Gasteiger partial charge in [-0.2, -0.15) is 0 Å². The summed E-state index contributed by atoms with van der Waals surface area (Å²) < 4.78 is 0. The molecule has 1 saturated carbocycles. The van der Waals surface area contributed by atoms with Crippen LogP contribution in [-0.2, 0) is 6.54 Å². The van der Waals surface area contributed by atoms with E-state index >= 15 is 0 Å². The number of aromatic nitrogens is 1. The van der Waals surface area contributed by atoms with Crippen LogP contribution in [0.4, 0.5) is 5.13 Å². The molecule has 0 atom stereocenters. The fourth-order valence-corrected chi connectivity index (χ4v) is 2.38. The first kappa shape index (κ1) is 9.24. The Morgan fingerprint density at radius 3 is 2.85 bits per heavy atom. The van der Waals surface area contributed by atoms with E-state index in [4.69, 9.17) is 17.3 Å². The highest BCUT2D eigenvalue weighted by molar-refractivity contribution is 7.16. The quantitative estimate of drug-likeness (QED) is 0.817. The zero-order valence-electron chi connectivity index (χ0n) is 7.22. The average molecular weight is 218 g/mol. The van der Waals surface area contributed by atoms with Gasteiger partial charge in [-0.15, -0.1) is 0 Å². The molecular formula is C8H12ClN3S. The number of anilines is 1. The minimum atomic E-state index is 0.475. The fraction of sp³-hybridized carbons (Fsp3) is 0.625. The van der Waals surface area contributed by atoms with E-state index in [1.54, 1.807) is 11.3 Å². The molecule has 13 heavy (non-hydrogen) atoms. The second-order valence-corrected chi connectivity index (χ2v) is 4.65. The van der Waals surface area contributed by atoms with Gasteiger partial charge in [-0.3, -0.25) is 0 Å². The van der Waals surface area contributed by atoms with E-state index in [2.05, 4.69) is 10.3 Å². The molecule has 0 unspecified atom stereocenters. The molecule has 3 N–H and O–H groups in total. The Labute approximate surface area is 86.3 Å². The first-order chi connectivity index (χ1) is 6.29. The summed E-state index contributed by atoms with van der Waals surface area (Å²) in [5, 5.41) is 4.80. The van der Waals surface area contributed by atoms with Crippen LogP contribution in [0.3, 0.4) is 0 Å². The molecule has 0 saturated heterocycles. The molecule has 5 heteroatoms. The summed E-state index contributed by atoms with van der Waals surface area (Å²) in [6, 6.07) is 0.604. The van der Waals surface area contributed by atoms with Crippen LogP contribution >= 0.6 is 22.9 Å². The molecule has 0 aliphatic heterocycles. The summed E-state index contributed by atoms with van der Waals surface area (Å²) in [5.41, 5.74) is 5.50. The molecule has 0 radical (unpaired) electrons. The Morgan fingerprint density at radius 2 is 2.38 bits per heavy atom. The monoisotopic (exact) mass is 217 g/mol. The van der Waals surface area contributed by atoms with Crippen molar-refractivity contribution in [3.05, 3.63) is 10.0 Å². The van der Waals surface area contributed by atoms with Crippen LogP contribution in [0.15, 0.2) is 0 Å². The van der Waals surface area contributed by atoms with Gasteiger partial charge in [0.25, 0.3) is 0 Å². The number of rotatable bonds is 3. The average Bonchev–Trinajstić information content (AvgIpc) is 2.39. The Hall–Kier alpha value is -0.320. The number of hydrogen-bond acceptors (Lipinski definition) is 4. The number of hydrogen-bond donors (Lipinski definition) is 2. The Balaban J connectivity index is 2.03. The number of thiazole rings is 1. The van der Waals surface area contributed by atoms with Crippen LogP contribution in [0, 0.1) is 0 Å². The maximum Gasteiger partial charge on any atom is 0.184 e. The van der Waals surface area contributed by atoms with Gasteiger partial charge in [0.15, 0.2) is 5.13 Å². The first-order valence-corrected chi connectivity index (χ1v) is 5.61. The summed E-state index contributed by atoms with van der Waals surface area (Å²) in [7, 11) is 0. The normalized spacial score (nSPS) is 17.1. The Kier molecular flexibility index (Phi) is 2.71. The van der Waals surface area contributed by atoms with Crippen LogP contribution in [0.25, 0.3) is 0 Å². The highest BCUT2D eigenvalue weighted by atomic mass is 35.5. The number of nitrogens with zero attached hydrogens (tertiary/aromatic N) is 1. The molecule has 1 aromatic rings. The number of nitrogens with two attached hydrogens (primary N) is 1. The molecule has 1 heterocycles. The maximum atomic E-state index is 5.87. The molecule has 3 nitrogen and oxygen atoms in total. The predicted molar refractivity (Wildman–Crippen MR) is 56.3 cm³/mol. The van der Waals surface area contributed by atoms with Crippen LogP contribution in [0.5, 0.6) is 0 Å².